The summed E-state index contributed by atoms with van der Waals surface area (Å²) in [6, 6.07) is 3.32. The topological polar surface area (TPSA) is 68.0 Å². The zero-order valence-electron chi connectivity index (χ0n) is 11.5. The van der Waals surface area contributed by atoms with Crippen molar-refractivity contribution in [2.24, 2.45) is 0 Å². The lowest BCUT2D eigenvalue weighted by atomic mass is 10.1. The number of halogens is 2. The van der Waals surface area contributed by atoms with Gasteiger partial charge in [-0.2, -0.15) is 4.37 Å². The Morgan fingerprint density at radius 3 is 2.73 bits per heavy atom. The molecule has 22 heavy (non-hydrogen) atoms. The first-order valence-corrected chi connectivity index (χ1v) is 7.19. The molecule has 0 radical (unpaired) electrons. The van der Waals surface area contributed by atoms with Gasteiger partial charge in [-0.3, -0.25) is 9.36 Å². The molecule has 0 unspecified atom stereocenters. The molecule has 8 heteroatoms. The number of rotatable bonds is 3. The van der Waals surface area contributed by atoms with Crippen LogP contribution in [0.3, 0.4) is 0 Å². The number of hydrogen-bond donors (Lipinski definition) is 1. The summed E-state index contributed by atoms with van der Waals surface area (Å²) in [7, 11) is 0. The summed E-state index contributed by atoms with van der Waals surface area (Å²) in [5.41, 5.74) is -0.319. The third-order valence-corrected chi connectivity index (χ3v) is 4.18. The number of aliphatic hydroxyl groups is 1. The maximum absolute atomic E-state index is 13.7. The first-order chi connectivity index (χ1) is 10.5. The number of aliphatic hydroxyl groups excluding tert-OH is 1. The van der Waals surface area contributed by atoms with Gasteiger partial charge in [0.15, 0.2) is 4.83 Å². The molecule has 114 valence electrons. The molecule has 1 aromatic carbocycles. The van der Waals surface area contributed by atoms with E-state index in [4.69, 9.17) is 0 Å². The highest BCUT2D eigenvalue weighted by Crippen LogP contribution is 2.22. The summed E-state index contributed by atoms with van der Waals surface area (Å²) in [5, 5.41) is 10.4. The van der Waals surface area contributed by atoms with Crippen molar-refractivity contribution in [3.63, 3.8) is 0 Å². The maximum atomic E-state index is 13.7. The molecule has 0 spiro atoms. The molecule has 1 N–H and O–H groups in total. The van der Waals surface area contributed by atoms with E-state index in [0.29, 0.717) is 15.9 Å². The van der Waals surface area contributed by atoms with Gasteiger partial charge < -0.3 is 5.11 Å². The van der Waals surface area contributed by atoms with E-state index in [1.165, 1.54) is 12.4 Å². The summed E-state index contributed by atoms with van der Waals surface area (Å²) < 4.78 is 32.5. The summed E-state index contributed by atoms with van der Waals surface area (Å²) in [4.78, 5) is 16.9. The highest BCUT2D eigenvalue weighted by molar-refractivity contribution is 7.12. The predicted octanol–water partition coefficient (Wildman–Crippen LogP) is 2.17. The van der Waals surface area contributed by atoms with Gasteiger partial charge in [0.25, 0.3) is 5.56 Å². The van der Waals surface area contributed by atoms with E-state index in [1.807, 2.05) is 0 Å². The molecule has 0 saturated heterocycles. The van der Waals surface area contributed by atoms with Crippen LogP contribution in [0.2, 0.25) is 0 Å². The van der Waals surface area contributed by atoms with Gasteiger partial charge in [0.2, 0.25) is 0 Å². The molecule has 5 nitrogen and oxygen atoms in total. The van der Waals surface area contributed by atoms with Crippen LogP contribution in [0.15, 0.2) is 29.3 Å². The lowest BCUT2D eigenvalue weighted by Crippen LogP contribution is -2.24. The van der Waals surface area contributed by atoms with E-state index in [0.717, 1.165) is 28.2 Å². The first-order valence-electron chi connectivity index (χ1n) is 6.42. The van der Waals surface area contributed by atoms with Gasteiger partial charge >= 0.3 is 0 Å². The molecule has 0 saturated carbocycles. The molecular formula is C14H11F2N3O2S. The maximum Gasteiger partial charge on any atom is 0.264 e. The largest absolute Gasteiger partial charge is 0.386 e. The molecule has 3 aromatic rings. The Hall–Kier alpha value is -2.19. The number of nitrogens with zero attached hydrogens (tertiary/aromatic N) is 3. The molecule has 0 aliphatic heterocycles. The molecule has 3 rings (SSSR count). The van der Waals surface area contributed by atoms with Gasteiger partial charge in [0, 0.05) is 0 Å². The Morgan fingerprint density at radius 1 is 1.36 bits per heavy atom. The number of fused-ring (bicyclic) bond motifs is 1. The SMILES string of the molecule is Cc1nsc2ncn(C[C@H](O)c3c(F)cccc3F)c(=O)c12. The molecule has 1 atom stereocenters. The molecule has 0 amide bonds. The van der Waals surface area contributed by atoms with Crippen molar-refractivity contribution in [2.75, 3.05) is 0 Å². The van der Waals surface area contributed by atoms with Crippen LogP contribution in [0, 0.1) is 18.6 Å². The minimum absolute atomic E-state index is 0.297. The third-order valence-electron chi connectivity index (χ3n) is 3.34. The predicted molar refractivity (Wildman–Crippen MR) is 77.7 cm³/mol. The van der Waals surface area contributed by atoms with Crippen molar-refractivity contribution in [3.05, 3.63) is 57.8 Å². The summed E-state index contributed by atoms with van der Waals surface area (Å²) in [6.07, 6.45) is -0.255. The van der Waals surface area contributed by atoms with Gasteiger partial charge in [0.05, 0.1) is 29.5 Å². The Labute approximate surface area is 127 Å². The van der Waals surface area contributed by atoms with Crippen LogP contribution in [-0.4, -0.2) is 19.0 Å². The van der Waals surface area contributed by atoms with Crippen LogP contribution < -0.4 is 5.56 Å². The zero-order valence-corrected chi connectivity index (χ0v) is 12.3. The first kappa shape index (κ1) is 14.7. The van der Waals surface area contributed by atoms with Crippen molar-refractivity contribution >= 4 is 21.7 Å². The van der Waals surface area contributed by atoms with E-state index in [1.54, 1.807) is 6.92 Å². The van der Waals surface area contributed by atoms with Gasteiger partial charge in [-0.15, -0.1) is 0 Å². The fourth-order valence-corrected chi connectivity index (χ4v) is 2.98. The summed E-state index contributed by atoms with van der Waals surface area (Å²) in [6.45, 7) is 1.38. The number of hydrogen-bond acceptors (Lipinski definition) is 5. The molecule has 0 aliphatic carbocycles. The number of aromatic nitrogens is 3. The second-order valence-electron chi connectivity index (χ2n) is 4.80. The average Bonchev–Trinajstić information content (AvgIpc) is 2.84. The second-order valence-corrected chi connectivity index (χ2v) is 5.55. The monoisotopic (exact) mass is 323 g/mol. The molecule has 2 aromatic heterocycles. The quantitative estimate of drug-likeness (QED) is 0.802. The van der Waals surface area contributed by atoms with Gasteiger partial charge in [-0.25, -0.2) is 13.8 Å². The van der Waals surface area contributed by atoms with Gasteiger partial charge in [-0.1, -0.05) is 6.07 Å². The van der Waals surface area contributed by atoms with Gasteiger partial charge in [0.1, 0.15) is 17.7 Å². The van der Waals surface area contributed by atoms with E-state index in [-0.39, 0.29) is 6.54 Å². The highest BCUT2D eigenvalue weighted by atomic mass is 32.1. The van der Waals surface area contributed by atoms with Crippen molar-refractivity contribution in [2.45, 2.75) is 19.6 Å². The van der Waals surface area contributed by atoms with E-state index < -0.39 is 28.9 Å². The van der Waals surface area contributed by atoms with E-state index in [2.05, 4.69) is 9.36 Å². The number of benzene rings is 1. The van der Waals surface area contributed by atoms with Crippen LogP contribution in [0.25, 0.3) is 10.2 Å². The zero-order chi connectivity index (χ0) is 15.9. The molecular weight excluding hydrogens is 312 g/mol. The van der Waals surface area contributed by atoms with Crippen LogP contribution >= 0.6 is 11.5 Å². The molecule has 0 fully saturated rings. The van der Waals surface area contributed by atoms with Crippen LogP contribution in [-0.2, 0) is 6.54 Å². The van der Waals surface area contributed by atoms with Crippen molar-refractivity contribution < 1.29 is 13.9 Å². The second kappa shape index (κ2) is 5.54. The molecule has 2 heterocycles. The lowest BCUT2D eigenvalue weighted by molar-refractivity contribution is 0.145. The lowest BCUT2D eigenvalue weighted by Gasteiger charge is -2.14. The van der Waals surface area contributed by atoms with E-state index >= 15 is 0 Å². The minimum Gasteiger partial charge on any atom is -0.386 e. The Morgan fingerprint density at radius 2 is 2.05 bits per heavy atom. The Balaban J connectivity index is 2.01. The van der Waals surface area contributed by atoms with Crippen LogP contribution in [0.1, 0.15) is 17.4 Å². The van der Waals surface area contributed by atoms with Gasteiger partial charge in [-0.05, 0) is 30.6 Å². The summed E-state index contributed by atoms with van der Waals surface area (Å²) in [5.74, 6) is -1.72. The van der Waals surface area contributed by atoms with Crippen LogP contribution in [0.5, 0.6) is 0 Å². The molecule has 0 aliphatic rings. The van der Waals surface area contributed by atoms with Crippen molar-refractivity contribution in [3.8, 4) is 0 Å². The fraction of sp³-hybridized carbons (Fsp3) is 0.214. The fourth-order valence-electron chi connectivity index (χ4n) is 2.25. The van der Waals surface area contributed by atoms with Crippen molar-refractivity contribution in [1.82, 2.24) is 13.9 Å². The standard InChI is InChI=1S/C14H11F2N3O2S/c1-7-11-13(22-18-7)17-6-19(14(11)21)5-10(20)12-8(15)3-2-4-9(12)16/h2-4,6,10,20H,5H2,1H3/t10-/m0/s1. The smallest absolute Gasteiger partial charge is 0.264 e. The van der Waals surface area contributed by atoms with Crippen molar-refractivity contribution in [1.29, 1.82) is 0 Å². The van der Waals surface area contributed by atoms with Crippen LogP contribution in [0.4, 0.5) is 8.78 Å². The average molecular weight is 323 g/mol. The Kier molecular flexibility index (Phi) is 3.71. The highest BCUT2D eigenvalue weighted by Gasteiger charge is 2.20. The summed E-state index contributed by atoms with van der Waals surface area (Å²) >= 11 is 1.10. The molecule has 0 bridgehead atoms. The third kappa shape index (κ3) is 2.40. The normalized spacial score (nSPS) is 12.7. The minimum atomic E-state index is -1.50. The number of aryl methyl sites for hydroxylation is 1. The van der Waals surface area contributed by atoms with E-state index in [9.17, 15) is 18.7 Å². The Bertz CT molecular complexity index is 886.